The number of benzene rings is 1. The van der Waals surface area contributed by atoms with Gasteiger partial charge in [0.25, 0.3) is 11.8 Å². The number of anilines is 1. The molecular formula is C25H25ClN4O3. The number of rotatable bonds is 8. The summed E-state index contributed by atoms with van der Waals surface area (Å²) < 4.78 is 5.93. The highest BCUT2D eigenvalue weighted by molar-refractivity contribution is 6.36. The van der Waals surface area contributed by atoms with E-state index in [2.05, 4.69) is 34.4 Å². The van der Waals surface area contributed by atoms with Crippen LogP contribution in [0.15, 0.2) is 53.2 Å². The summed E-state index contributed by atoms with van der Waals surface area (Å²) >= 11 is 6.09. The maximum Gasteiger partial charge on any atom is 0.256 e. The first-order valence-corrected chi connectivity index (χ1v) is 11.2. The minimum absolute atomic E-state index is 0.179. The third-order valence-corrected chi connectivity index (χ3v) is 5.81. The van der Waals surface area contributed by atoms with E-state index < -0.39 is 0 Å². The molecule has 7 nitrogen and oxygen atoms in total. The third-order valence-electron chi connectivity index (χ3n) is 5.57. The average Bonchev–Trinajstić information content (AvgIpc) is 3.41. The van der Waals surface area contributed by atoms with Crippen LogP contribution >= 0.6 is 11.6 Å². The van der Waals surface area contributed by atoms with Crippen molar-refractivity contribution < 1.29 is 14.0 Å². The summed E-state index contributed by atoms with van der Waals surface area (Å²) in [4.78, 5) is 31.4. The average molecular weight is 465 g/mol. The normalized spacial score (nSPS) is 13.9. The lowest BCUT2D eigenvalue weighted by Gasteiger charge is -2.17. The Hall–Kier alpha value is -3.42. The van der Waals surface area contributed by atoms with Crippen LogP contribution in [0.25, 0.3) is 23.0 Å². The zero-order chi connectivity index (χ0) is 23.4. The smallest absolute Gasteiger partial charge is 0.256 e. The predicted molar refractivity (Wildman–Crippen MR) is 130 cm³/mol. The fourth-order valence-corrected chi connectivity index (χ4v) is 3.87. The van der Waals surface area contributed by atoms with Crippen molar-refractivity contribution in [2.75, 3.05) is 31.5 Å². The molecule has 0 saturated carbocycles. The Morgan fingerprint density at radius 1 is 1.18 bits per heavy atom. The van der Waals surface area contributed by atoms with Crippen molar-refractivity contribution in [1.82, 2.24) is 15.2 Å². The monoisotopic (exact) mass is 464 g/mol. The number of halogens is 1. The van der Waals surface area contributed by atoms with E-state index in [9.17, 15) is 9.59 Å². The summed E-state index contributed by atoms with van der Waals surface area (Å²) in [5.74, 6) is 0.672. The molecule has 3 aromatic rings. The first-order valence-electron chi connectivity index (χ1n) is 10.9. The predicted octanol–water partition coefficient (Wildman–Crippen LogP) is 4.56. The lowest BCUT2D eigenvalue weighted by Crippen LogP contribution is -2.34. The van der Waals surface area contributed by atoms with Gasteiger partial charge < -0.3 is 20.0 Å². The van der Waals surface area contributed by atoms with Crippen LogP contribution in [-0.2, 0) is 4.79 Å². The van der Waals surface area contributed by atoms with Gasteiger partial charge in [0, 0.05) is 47.3 Å². The van der Waals surface area contributed by atoms with Crippen LogP contribution in [0.3, 0.4) is 0 Å². The van der Waals surface area contributed by atoms with Gasteiger partial charge in [0.15, 0.2) is 0 Å². The van der Waals surface area contributed by atoms with E-state index in [1.165, 1.54) is 6.20 Å². The molecule has 0 spiro atoms. The standard InChI is InChI=1S/C25H25ClN4O3/c1-3-30(4-2)10-9-28-24(31)17-11-16(14-27-15-17)23-8-6-19(33-23)13-21-20-12-18(26)5-7-22(20)29-25(21)32/h5-8,11-15H,3-4,9-10H2,1-2H3,(H,28,31)(H,29,32)/b21-13+. The topological polar surface area (TPSA) is 87.5 Å². The van der Waals surface area contributed by atoms with Crippen LogP contribution in [-0.4, -0.2) is 47.9 Å². The van der Waals surface area contributed by atoms with Crippen molar-refractivity contribution in [2.24, 2.45) is 0 Å². The van der Waals surface area contributed by atoms with Gasteiger partial charge in [-0.05, 0) is 55.6 Å². The van der Waals surface area contributed by atoms with Gasteiger partial charge in [-0.2, -0.15) is 0 Å². The van der Waals surface area contributed by atoms with Crippen LogP contribution in [0.1, 0.15) is 35.5 Å². The van der Waals surface area contributed by atoms with E-state index in [0.29, 0.717) is 45.5 Å². The number of aromatic nitrogens is 1. The van der Waals surface area contributed by atoms with E-state index in [1.807, 2.05) is 0 Å². The van der Waals surface area contributed by atoms with Gasteiger partial charge in [-0.25, -0.2) is 0 Å². The molecule has 2 aromatic heterocycles. The summed E-state index contributed by atoms with van der Waals surface area (Å²) in [6.45, 7) is 7.45. The largest absolute Gasteiger partial charge is 0.457 e. The molecule has 1 aliphatic heterocycles. The molecular weight excluding hydrogens is 440 g/mol. The Balaban J connectivity index is 1.50. The van der Waals surface area contributed by atoms with Crippen molar-refractivity contribution in [2.45, 2.75) is 13.8 Å². The van der Waals surface area contributed by atoms with Crippen LogP contribution in [0.4, 0.5) is 5.69 Å². The lowest BCUT2D eigenvalue weighted by atomic mass is 10.1. The summed E-state index contributed by atoms with van der Waals surface area (Å²) in [6.07, 6.45) is 4.85. The first-order chi connectivity index (χ1) is 16.0. The van der Waals surface area contributed by atoms with E-state index in [1.54, 1.807) is 48.7 Å². The summed E-state index contributed by atoms with van der Waals surface area (Å²) in [5, 5.41) is 6.30. The molecule has 3 heterocycles. The molecule has 0 aliphatic carbocycles. The van der Waals surface area contributed by atoms with Gasteiger partial charge >= 0.3 is 0 Å². The molecule has 0 bridgehead atoms. The van der Waals surface area contributed by atoms with E-state index >= 15 is 0 Å². The molecule has 0 fully saturated rings. The van der Waals surface area contributed by atoms with Gasteiger partial charge in [-0.15, -0.1) is 0 Å². The Bertz CT molecular complexity index is 1210. The SMILES string of the molecule is CCN(CC)CCNC(=O)c1cncc(-c2ccc(/C=C3/C(=O)Nc4ccc(Cl)cc43)o2)c1. The number of hydrogen-bond acceptors (Lipinski definition) is 5. The molecule has 2 N–H and O–H groups in total. The second-order valence-corrected chi connectivity index (χ2v) is 8.09. The molecule has 33 heavy (non-hydrogen) atoms. The van der Waals surface area contributed by atoms with Crippen molar-refractivity contribution in [3.63, 3.8) is 0 Å². The van der Waals surface area contributed by atoms with Crippen molar-refractivity contribution in [1.29, 1.82) is 0 Å². The van der Waals surface area contributed by atoms with E-state index in [-0.39, 0.29) is 11.8 Å². The zero-order valence-corrected chi connectivity index (χ0v) is 19.3. The van der Waals surface area contributed by atoms with Crippen LogP contribution in [0.2, 0.25) is 5.02 Å². The highest BCUT2D eigenvalue weighted by Crippen LogP contribution is 2.35. The number of likely N-dealkylation sites (N-methyl/N-ethyl adjacent to an activating group) is 1. The van der Waals surface area contributed by atoms with E-state index in [4.69, 9.17) is 16.0 Å². The second-order valence-electron chi connectivity index (χ2n) is 7.65. The zero-order valence-electron chi connectivity index (χ0n) is 18.5. The van der Waals surface area contributed by atoms with Gasteiger partial charge in [-0.3, -0.25) is 14.6 Å². The minimum Gasteiger partial charge on any atom is -0.457 e. The van der Waals surface area contributed by atoms with Crippen LogP contribution in [0, 0.1) is 0 Å². The maximum atomic E-state index is 12.5. The molecule has 1 aromatic carbocycles. The van der Waals surface area contributed by atoms with Gasteiger partial charge in [0.2, 0.25) is 0 Å². The Morgan fingerprint density at radius 3 is 2.79 bits per heavy atom. The number of fused-ring (bicyclic) bond motifs is 1. The molecule has 0 saturated heterocycles. The number of furan rings is 1. The summed E-state index contributed by atoms with van der Waals surface area (Å²) in [5.41, 5.74) is 3.06. The number of carbonyl (C=O) groups excluding carboxylic acids is 2. The Morgan fingerprint density at radius 2 is 2.00 bits per heavy atom. The molecule has 8 heteroatoms. The number of nitrogens with one attached hydrogen (secondary N) is 2. The molecule has 170 valence electrons. The van der Waals surface area contributed by atoms with Crippen LogP contribution < -0.4 is 10.6 Å². The Kier molecular flexibility index (Phi) is 6.91. The van der Waals surface area contributed by atoms with Crippen molar-refractivity contribution >= 4 is 40.8 Å². The molecule has 0 unspecified atom stereocenters. The number of pyridine rings is 1. The molecule has 1 aliphatic rings. The third kappa shape index (κ3) is 5.16. The first kappa shape index (κ1) is 22.8. The Labute approximate surface area is 197 Å². The van der Waals surface area contributed by atoms with E-state index in [0.717, 1.165) is 25.2 Å². The number of amides is 2. The molecule has 0 atom stereocenters. The van der Waals surface area contributed by atoms with Gasteiger partial charge in [0.05, 0.1) is 11.1 Å². The fraction of sp³-hybridized carbons (Fsp3) is 0.240. The molecule has 0 radical (unpaired) electrons. The summed E-state index contributed by atoms with van der Waals surface area (Å²) in [6, 6.07) is 10.6. The quantitative estimate of drug-likeness (QED) is 0.477. The van der Waals surface area contributed by atoms with Crippen molar-refractivity contribution in [3.05, 3.63) is 70.7 Å². The maximum absolute atomic E-state index is 12.5. The second kappa shape index (κ2) is 10.0. The number of nitrogens with zero attached hydrogens (tertiary/aromatic N) is 2. The fourth-order valence-electron chi connectivity index (χ4n) is 3.70. The number of hydrogen-bond donors (Lipinski definition) is 2. The minimum atomic E-state index is -0.213. The van der Waals surface area contributed by atoms with Gasteiger partial charge in [0.1, 0.15) is 11.5 Å². The highest BCUT2D eigenvalue weighted by atomic mass is 35.5. The molecule has 2 amide bonds. The van der Waals surface area contributed by atoms with Crippen LogP contribution in [0.5, 0.6) is 0 Å². The highest BCUT2D eigenvalue weighted by Gasteiger charge is 2.24. The van der Waals surface area contributed by atoms with Gasteiger partial charge in [-0.1, -0.05) is 25.4 Å². The molecule has 4 rings (SSSR count). The summed E-state index contributed by atoms with van der Waals surface area (Å²) in [7, 11) is 0. The van der Waals surface area contributed by atoms with Crippen molar-refractivity contribution in [3.8, 4) is 11.3 Å². The lowest BCUT2D eigenvalue weighted by molar-refractivity contribution is -0.110. The number of carbonyl (C=O) groups is 2.